The zero-order valence-electron chi connectivity index (χ0n) is 10.4. The van der Waals surface area contributed by atoms with Crippen LogP contribution in [0.3, 0.4) is 0 Å². The Hall–Kier alpha value is -1.26. The van der Waals surface area contributed by atoms with E-state index in [2.05, 4.69) is 17.6 Å². The summed E-state index contributed by atoms with van der Waals surface area (Å²) in [6.45, 7) is 2.55. The molecule has 0 aromatic rings. The summed E-state index contributed by atoms with van der Waals surface area (Å²) in [5, 5.41) is 13.4. The number of nitrogens with one attached hydrogen (secondary N) is 2. The fourth-order valence-corrected chi connectivity index (χ4v) is 2.30. The van der Waals surface area contributed by atoms with Crippen molar-refractivity contribution in [2.45, 2.75) is 39.0 Å². The van der Waals surface area contributed by atoms with E-state index in [9.17, 15) is 9.59 Å². The van der Waals surface area contributed by atoms with Crippen molar-refractivity contribution in [3.8, 4) is 0 Å². The van der Waals surface area contributed by atoms with Crippen LogP contribution in [0.15, 0.2) is 0 Å². The number of carbonyl (C=O) groups excluding carboxylic acids is 1. The first-order valence-corrected chi connectivity index (χ1v) is 6.35. The van der Waals surface area contributed by atoms with E-state index in [1.807, 2.05) is 0 Å². The van der Waals surface area contributed by atoms with Crippen molar-refractivity contribution in [1.82, 2.24) is 10.6 Å². The number of carboxylic acids is 1. The molecule has 2 amide bonds. The van der Waals surface area contributed by atoms with Crippen LogP contribution in [0, 0.1) is 11.8 Å². The lowest BCUT2D eigenvalue weighted by Crippen LogP contribution is -2.41. The van der Waals surface area contributed by atoms with E-state index in [0.29, 0.717) is 12.5 Å². The van der Waals surface area contributed by atoms with Gasteiger partial charge in [0, 0.05) is 6.54 Å². The van der Waals surface area contributed by atoms with E-state index in [0.717, 1.165) is 18.8 Å². The van der Waals surface area contributed by atoms with E-state index in [1.165, 1.54) is 19.3 Å². The number of carbonyl (C=O) groups is 2. The Labute approximate surface area is 102 Å². The van der Waals surface area contributed by atoms with Gasteiger partial charge in [-0.05, 0) is 24.7 Å². The molecular weight excluding hydrogens is 220 g/mol. The molecule has 1 rings (SSSR count). The molecule has 1 fully saturated rings. The average molecular weight is 242 g/mol. The number of aliphatic carboxylic acids is 1. The highest BCUT2D eigenvalue weighted by Gasteiger charge is 2.20. The van der Waals surface area contributed by atoms with Gasteiger partial charge in [-0.2, -0.15) is 0 Å². The molecule has 0 radical (unpaired) electrons. The first-order chi connectivity index (χ1) is 8.11. The van der Waals surface area contributed by atoms with Gasteiger partial charge >= 0.3 is 12.0 Å². The summed E-state index contributed by atoms with van der Waals surface area (Å²) in [4.78, 5) is 21.5. The van der Waals surface area contributed by atoms with Gasteiger partial charge in [0.1, 0.15) is 6.54 Å². The molecule has 1 aliphatic carbocycles. The minimum Gasteiger partial charge on any atom is -0.480 e. The van der Waals surface area contributed by atoms with Crippen molar-refractivity contribution in [3.05, 3.63) is 0 Å². The lowest BCUT2D eigenvalue weighted by atomic mass is 9.81. The lowest BCUT2D eigenvalue weighted by molar-refractivity contribution is -0.135. The van der Waals surface area contributed by atoms with Crippen molar-refractivity contribution in [2.24, 2.45) is 11.8 Å². The zero-order valence-corrected chi connectivity index (χ0v) is 10.4. The minimum absolute atomic E-state index is 0.325. The smallest absolute Gasteiger partial charge is 0.323 e. The average Bonchev–Trinajstić information content (AvgIpc) is 2.34. The predicted octanol–water partition coefficient (Wildman–Crippen LogP) is 1.59. The molecular formula is C12H22N2O3. The van der Waals surface area contributed by atoms with Crippen molar-refractivity contribution >= 4 is 12.0 Å². The number of hydrogen-bond acceptors (Lipinski definition) is 2. The Bertz CT molecular complexity index is 260. The van der Waals surface area contributed by atoms with Gasteiger partial charge in [-0.3, -0.25) is 4.79 Å². The third-order valence-electron chi connectivity index (χ3n) is 3.50. The fourth-order valence-electron chi connectivity index (χ4n) is 2.30. The Kier molecular flexibility index (Phi) is 5.80. The molecule has 0 aromatic heterocycles. The monoisotopic (exact) mass is 242 g/mol. The van der Waals surface area contributed by atoms with Crippen LogP contribution in [0.1, 0.15) is 39.0 Å². The minimum atomic E-state index is -1.02. The van der Waals surface area contributed by atoms with Gasteiger partial charge in [-0.15, -0.1) is 0 Å². The Balaban J connectivity index is 2.10. The topological polar surface area (TPSA) is 78.4 Å². The van der Waals surface area contributed by atoms with E-state index >= 15 is 0 Å². The maximum Gasteiger partial charge on any atom is 0.323 e. The maximum absolute atomic E-state index is 11.2. The Morgan fingerprint density at radius 3 is 2.24 bits per heavy atom. The largest absolute Gasteiger partial charge is 0.480 e. The van der Waals surface area contributed by atoms with Crippen LogP contribution in [0.25, 0.3) is 0 Å². The van der Waals surface area contributed by atoms with Crippen LogP contribution >= 0.6 is 0 Å². The highest BCUT2D eigenvalue weighted by molar-refractivity contribution is 5.79. The second-order valence-electron chi connectivity index (χ2n) is 4.75. The zero-order chi connectivity index (χ0) is 12.7. The molecule has 0 spiro atoms. The summed E-state index contributed by atoms with van der Waals surface area (Å²) >= 11 is 0. The second kappa shape index (κ2) is 7.14. The van der Waals surface area contributed by atoms with Gasteiger partial charge in [-0.25, -0.2) is 4.79 Å². The molecule has 0 bridgehead atoms. The molecule has 17 heavy (non-hydrogen) atoms. The van der Waals surface area contributed by atoms with Crippen molar-refractivity contribution in [1.29, 1.82) is 0 Å². The Morgan fingerprint density at radius 2 is 1.71 bits per heavy atom. The normalized spacial score (nSPS) is 24.1. The van der Waals surface area contributed by atoms with Crippen LogP contribution < -0.4 is 10.6 Å². The maximum atomic E-state index is 11.2. The molecule has 0 heterocycles. The molecule has 98 valence electrons. The van der Waals surface area contributed by atoms with Crippen LogP contribution in [-0.4, -0.2) is 30.2 Å². The summed E-state index contributed by atoms with van der Waals surface area (Å²) in [5.74, 6) is 0.379. The molecule has 1 aliphatic rings. The Morgan fingerprint density at radius 1 is 1.12 bits per heavy atom. The number of rotatable bonds is 5. The predicted molar refractivity (Wildman–Crippen MR) is 64.8 cm³/mol. The first-order valence-electron chi connectivity index (χ1n) is 6.35. The standard InChI is InChI=1S/C12H22N2O3/c1-2-9-3-5-10(6-4-9)7-13-12(17)14-8-11(15)16/h9-10H,2-8H2,1H3,(H,15,16)(H2,13,14,17). The highest BCUT2D eigenvalue weighted by Crippen LogP contribution is 2.29. The summed E-state index contributed by atoms with van der Waals surface area (Å²) in [6, 6.07) is -0.384. The molecule has 1 saturated carbocycles. The van der Waals surface area contributed by atoms with Crippen LogP contribution in [-0.2, 0) is 4.79 Å². The van der Waals surface area contributed by atoms with Crippen molar-refractivity contribution in [3.63, 3.8) is 0 Å². The molecule has 0 unspecified atom stereocenters. The lowest BCUT2D eigenvalue weighted by Gasteiger charge is -2.27. The van der Waals surface area contributed by atoms with E-state index < -0.39 is 5.97 Å². The summed E-state index contributed by atoms with van der Waals surface area (Å²) in [7, 11) is 0. The van der Waals surface area contributed by atoms with Gasteiger partial charge in [-0.1, -0.05) is 26.2 Å². The first kappa shape index (κ1) is 13.8. The van der Waals surface area contributed by atoms with Gasteiger partial charge in [0.05, 0.1) is 0 Å². The third kappa shape index (κ3) is 5.56. The SMILES string of the molecule is CCC1CCC(CNC(=O)NCC(=O)O)CC1. The molecule has 0 atom stereocenters. The van der Waals surface area contributed by atoms with Crippen LogP contribution in [0.5, 0.6) is 0 Å². The fraction of sp³-hybridized carbons (Fsp3) is 0.833. The van der Waals surface area contributed by atoms with E-state index in [4.69, 9.17) is 5.11 Å². The third-order valence-corrected chi connectivity index (χ3v) is 3.50. The quantitative estimate of drug-likeness (QED) is 0.685. The van der Waals surface area contributed by atoms with Gasteiger partial charge in [0.25, 0.3) is 0 Å². The van der Waals surface area contributed by atoms with Gasteiger partial charge in [0.2, 0.25) is 0 Å². The molecule has 5 nitrogen and oxygen atoms in total. The summed E-state index contributed by atoms with van der Waals surface area (Å²) in [5.41, 5.74) is 0. The summed E-state index contributed by atoms with van der Waals surface area (Å²) < 4.78 is 0. The highest BCUT2D eigenvalue weighted by atomic mass is 16.4. The van der Waals surface area contributed by atoms with Crippen LogP contribution in [0.4, 0.5) is 4.79 Å². The molecule has 5 heteroatoms. The van der Waals surface area contributed by atoms with Crippen molar-refractivity contribution in [2.75, 3.05) is 13.1 Å². The number of urea groups is 1. The number of amides is 2. The van der Waals surface area contributed by atoms with E-state index in [-0.39, 0.29) is 12.6 Å². The molecule has 0 aromatic carbocycles. The van der Waals surface area contributed by atoms with E-state index in [1.54, 1.807) is 0 Å². The van der Waals surface area contributed by atoms with Crippen molar-refractivity contribution < 1.29 is 14.7 Å². The second-order valence-corrected chi connectivity index (χ2v) is 4.75. The number of carboxylic acid groups (broad SMARTS) is 1. The van der Waals surface area contributed by atoms with Gasteiger partial charge in [0.15, 0.2) is 0 Å². The molecule has 0 aliphatic heterocycles. The summed E-state index contributed by atoms with van der Waals surface area (Å²) in [6.07, 6.45) is 6.08. The molecule has 0 saturated heterocycles. The van der Waals surface area contributed by atoms with Crippen LogP contribution in [0.2, 0.25) is 0 Å². The number of hydrogen-bond donors (Lipinski definition) is 3. The van der Waals surface area contributed by atoms with Gasteiger partial charge < -0.3 is 15.7 Å². The molecule has 3 N–H and O–H groups in total.